The Morgan fingerprint density at radius 3 is 2.35 bits per heavy atom. The highest BCUT2D eigenvalue weighted by molar-refractivity contribution is 9.10. The van der Waals surface area contributed by atoms with Crippen molar-refractivity contribution < 1.29 is 22.7 Å². The molecular formula is C29H21BrClN3O5S. The van der Waals surface area contributed by atoms with Crippen molar-refractivity contribution in [2.24, 2.45) is 5.10 Å². The van der Waals surface area contributed by atoms with Crippen LogP contribution in [0.15, 0.2) is 118 Å². The van der Waals surface area contributed by atoms with E-state index in [0.717, 1.165) is 5.56 Å². The molecule has 4 aromatic rings. The van der Waals surface area contributed by atoms with E-state index in [1.165, 1.54) is 48.7 Å². The van der Waals surface area contributed by atoms with Crippen LogP contribution in [-0.4, -0.2) is 26.5 Å². The van der Waals surface area contributed by atoms with E-state index in [1.54, 1.807) is 36.4 Å². The van der Waals surface area contributed by atoms with E-state index in [9.17, 15) is 18.0 Å². The minimum atomic E-state index is -3.98. The van der Waals surface area contributed by atoms with Crippen molar-refractivity contribution in [2.45, 2.75) is 4.90 Å². The largest absolute Gasteiger partial charge is 0.423 e. The average molecular weight is 639 g/mol. The van der Waals surface area contributed by atoms with Gasteiger partial charge in [-0.2, -0.15) is 5.10 Å². The fourth-order valence-corrected chi connectivity index (χ4v) is 4.98. The van der Waals surface area contributed by atoms with E-state index in [1.807, 2.05) is 30.3 Å². The minimum Gasteiger partial charge on any atom is -0.423 e. The molecule has 0 spiro atoms. The van der Waals surface area contributed by atoms with Gasteiger partial charge < -0.3 is 4.74 Å². The van der Waals surface area contributed by atoms with Gasteiger partial charge in [-0.3, -0.25) is 9.52 Å². The van der Waals surface area contributed by atoms with Crippen LogP contribution >= 0.6 is 27.5 Å². The molecule has 0 bridgehead atoms. The summed E-state index contributed by atoms with van der Waals surface area (Å²) in [7, 11) is -3.98. The number of benzene rings is 4. The van der Waals surface area contributed by atoms with Gasteiger partial charge in [0, 0.05) is 21.1 Å². The van der Waals surface area contributed by atoms with Crippen molar-refractivity contribution in [3.63, 3.8) is 0 Å². The Hall–Kier alpha value is -4.25. The summed E-state index contributed by atoms with van der Waals surface area (Å²) in [6.45, 7) is 0. The molecule has 0 radical (unpaired) electrons. The van der Waals surface area contributed by atoms with Crippen LogP contribution in [0.2, 0.25) is 5.02 Å². The number of halogens is 2. The van der Waals surface area contributed by atoms with Crippen molar-refractivity contribution in [3.8, 4) is 5.75 Å². The van der Waals surface area contributed by atoms with Gasteiger partial charge in [0.05, 0.1) is 22.4 Å². The minimum absolute atomic E-state index is 0.0134. The average Bonchev–Trinajstić information content (AvgIpc) is 2.94. The van der Waals surface area contributed by atoms with Gasteiger partial charge in [-0.15, -0.1) is 0 Å². The fraction of sp³-hybridized carbons (Fsp3) is 0. The van der Waals surface area contributed by atoms with E-state index in [2.05, 4.69) is 31.2 Å². The number of sulfonamides is 1. The third kappa shape index (κ3) is 7.89. The number of hydrazone groups is 1. The summed E-state index contributed by atoms with van der Waals surface area (Å²) in [6, 6.07) is 26.0. The number of esters is 1. The van der Waals surface area contributed by atoms with Gasteiger partial charge in [-0.1, -0.05) is 70.0 Å². The highest BCUT2D eigenvalue weighted by Crippen LogP contribution is 2.23. The maximum atomic E-state index is 12.9. The van der Waals surface area contributed by atoms with Crippen LogP contribution in [0.3, 0.4) is 0 Å². The molecule has 0 saturated carbocycles. The van der Waals surface area contributed by atoms with E-state index in [0.29, 0.717) is 15.1 Å². The van der Waals surface area contributed by atoms with Crippen molar-refractivity contribution in [1.82, 2.24) is 5.43 Å². The predicted molar refractivity (Wildman–Crippen MR) is 159 cm³/mol. The molecular weight excluding hydrogens is 618 g/mol. The molecule has 4 aromatic carbocycles. The third-order valence-electron chi connectivity index (χ3n) is 5.30. The van der Waals surface area contributed by atoms with Crippen LogP contribution in [0, 0.1) is 0 Å². The second-order valence-corrected chi connectivity index (χ2v) is 11.2. The summed E-state index contributed by atoms with van der Waals surface area (Å²) in [5.41, 5.74) is 3.74. The van der Waals surface area contributed by atoms with E-state index in [-0.39, 0.29) is 21.9 Å². The lowest BCUT2D eigenvalue weighted by molar-refractivity contribution is -0.128. The SMILES string of the molecule is O=C(/C=C/c1ccccc1)Oc1ccc(Br)cc1/C=N/NC(=O)c1ccccc1NS(=O)(=O)c1ccc(Cl)cc1. The number of rotatable bonds is 9. The summed E-state index contributed by atoms with van der Waals surface area (Å²) in [6.07, 6.45) is 4.25. The lowest BCUT2D eigenvalue weighted by Crippen LogP contribution is -2.21. The zero-order valence-corrected chi connectivity index (χ0v) is 23.8. The number of para-hydroxylation sites is 1. The van der Waals surface area contributed by atoms with E-state index in [4.69, 9.17) is 16.3 Å². The maximum absolute atomic E-state index is 12.9. The third-order valence-corrected chi connectivity index (χ3v) is 7.43. The molecule has 0 aliphatic rings. The van der Waals surface area contributed by atoms with Crippen LogP contribution < -0.4 is 14.9 Å². The van der Waals surface area contributed by atoms with Gasteiger partial charge in [0.25, 0.3) is 15.9 Å². The van der Waals surface area contributed by atoms with Crippen molar-refractivity contribution in [2.75, 3.05) is 4.72 Å². The first kappa shape index (κ1) is 28.8. The zero-order chi connectivity index (χ0) is 28.5. The Morgan fingerprint density at radius 1 is 0.900 bits per heavy atom. The van der Waals surface area contributed by atoms with E-state index >= 15 is 0 Å². The highest BCUT2D eigenvalue weighted by Gasteiger charge is 2.18. The number of hydrogen-bond donors (Lipinski definition) is 2. The first-order valence-electron chi connectivity index (χ1n) is 11.7. The standard InChI is InChI=1S/C29H21BrClN3O5S/c30-22-11-16-27(39-28(35)17-10-20-6-2-1-3-7-20)21(18-22)19-32-33-29(36)25-8-4-5-9-26(25)34-40(37,38)24-14-12-23(31)13-15-24/h1-19,34H,(H,33,36)/b17-10+,32-19+. The molecule has 1 amide bonds. The molecule has 0 atom stereocenters. The Labute approximate surface area is 244 Å². The topological polar surface area (TPSA) is 114 Å². The molecule has 0 heterocycles. The Balaban J connectivity index is 1.46. The van der Waals surface area contributed by atoms with Crippen molar-refractivity contribution in [3.05, 3.63) is 129 Å². The molecule has 0 aromatic heterocycles. The van der Waals surface area contributed by atoms with Gasteiger partial charge in [-0.25, -0.2) is 18.6 Å². The molecule has 0 aliphatic carbocycles. The number of amides is 1. The summed E-state index contributed by atoms with van der Waals surface area (Å²) in [4.78, 5) is 25.2. The van der Waals surface area contributed by atoms with Crippen LogP contribution in [0.1, 0.15) is 21.5 Å². The number of anilines is 1. The van der Waals surface area contributed by atoms with Crippen LogP contribution in [-0.2, 0) is 14.8 Å². The highest BCUT2D eigenvalue weighted by atomic mass is 79.9. The van der Waals surface area contributed by atoms with Crippen LogP contribution in [0.25, 0.3) is 6.08 Å². The fourth-order valence-electron chi connectivity index (χ4n) is 3.39. The summed E-state index contributed by atoms with van der Waals surface area (Å²) in [5.74, 6) is -1.03. The first-order chi connectivity index (χ1) is 19.2. The molecule has 4 rings (SSSR count). The van der Waals surface area contributed by atoms with Gasteiger partial charge in [0.2, 0.25) is 0 Å². The van der Waals surface area contributed by atoms with Crippen LogP contribution in [0.5, 0.6) is 5.75 Å². The quantitative estimate of drug-likeness (QED) is 0.0736. The molecule has 8 nitrogen and oxygen atoms in total. The van der Waals surface area contributed by atoms with E-state index < -0.39 is 21.9 Å². The van der Waals surface area contributed by atoms with Gasteiger partial charge in [-0.05, 0) is 66.2 Å². The molecule has 0 fully saturated rings. The van der Waals surface area contributed by atoms with Crippen molar-refractivity contribution >= 4 is 67.4 Å². The zero-order valence-electron chi connectivity index (χ0n) is 20.6. The van der Waals surface area contributed by atoms with Crippen LogP contribution in [0.4, 0.5) is 5.69 Å². The maximum Gasteiger partial charge on any atom is 0.336 e. The number of nitrogens with zero attached hydrogens (tertiary/aromatic N) is 1. The molecule has 2 N–H and O–H groups in total. The van der Waals surface area contributed by atoms with Gasteiger partial charge in [0.15, 0.2) is 0 Å². The molecule has 11 heteroatoms. The summed E-state index contributed by atoms with van der Waals surface area (Å²) >= 11 is 9.22. The van der Waals surface area contributed by atoms with Gasteiger partial charge >= 0.3 is 5.97 Å². The monoisotopic (exact) mass is 637 g/mol. The number of carbonyl (C=O) groups excluding carboxylic acids is 2. The Kier molecular flexibility index (Phi) is 9.49. The lowest BCUT2D eigenvalue weighted by Gasteiger charge is -2.12. The Bertz CT molecular complexity index is 1690. The number of hydrogen-bond acceptors (Lipinski definition) is 6. The smallest absolute Gasteiger partial charge is 0.336 e. The molecule has 0 aliphatic heterocycles. The summed E-state index contributed by atoms with van der Waals surface area (Å²) in [5, 5.41) is 4.37. The Morgan fingerprint density at radius 2 is 1.60 bits per heavy atom. The lowest BCUT2D eigenvalue weighted by atomic mass is 10.2. The molecule has 40 heavy (non-hydrogen) atoms. The first-order valence-corrected chi connectivity index (χ1v) is 14.3. The number of nitrogens with one attached hydrogen (secondary N) is 2. The molecule has 202 valence electrons. The second-order valence-electron chi connectivity index (χ2n) is 8.15. The van der Waals surface area contributed by atoms with Crippen molar-refractivity contribution in [1.29, 1.82) is 0 Å². The summed E-state index contributed by atoms with van der Waals surface area (Å²) < 4.78 is 34.2. The predicted octanol–water partition coefficient (Wildman–Crippen LogP) is 6.29. The molecule has 0 unspecified atom stereocenters. The second kappa shape index (κ2) is 13.2. The number of carbonyl (C=O) groups is 2. The van der Waals surface area contributed by atoms with Gasteiger partial charge in [0.1, 0.15) is 5.75 Å². The molecule has 0 saturated heterocycles. The number of ether oxygens (including phenoxy) is 1. The normalized spacial score (nSPS) is 11.4.